The molecule has 1 amide bonds. The quantitative estimate of drug-likeness (QED) is 0.855. The van der Waals surface area contributed by atoms with E-state index in [0.29, 0.717) is 13.1 Å². The van der Waals surface area contributed by atoms with Crippen molar-refractivity contribution < 1.29 is 4.79 Å². The maximum atomic E-state index is 11.9. The Morgan fingerprint density at radius 3 is 3.14 bits per heavy atom. The SMILES string of the molecule is CC(CC1CC1)C(=O)NCCn1cc(-c2ccsc2)nn1. The average Bonchev–Trinajstić information content (AvgIpc) is 2.96. The molecule has 0 spiro atoms. The minimum absolute atomic E-state index is 0.120. The lowest BCUT2D eigenvalue weighted by Crippen LogP contribution is -2.32. The zero-order valence-electron chi connectivity index (χ0n) is 12.2. The van der Waals surface area contributed by atoms with E-state index in [0.717, 1.165) is 23.6 Å². The van der Waals surface area contributed by atoms with Crippen molar-refractivity contribution in [3.8, 4) is 11.3 Å². The van der Waals surface area contributed by atoms with E-state index in [1.54, 1.807) is 16.0 Å². The van der Waals surface area contributed by atoms with Crippen LogP contribution in [0.4, 0.5) is 0 Å². The number of nitrogens with one attached hydrogen (secondary N) is 1. The Balaban J connectivity index is 1.43. The Morgan fingerprint density at radius 2 is 2.43 bits per heavy atom. The minimum Gasteiger partial charge on any atom is -0.354 e. The van der Waals surface area contributed by atoms with Crippen LogP contribution in [0.1, 0.15) is 26.2 Å². The first-order valence-corrected chi connectivity index (χ1v) is 8.37. The van der Waals surface area contributed by atoms with Crippen LogP contribution in [0.3, 0.4) is 0 Å². The lowest BCUT2D eigenvalue weighted by molar-refractivity contribution is -0.124. The van der Waals surface area contributed by atoms with Gasteiger partial charge < -0.3 is 5.32 Å². The van der Waals surface area contributed by atoms with Gasteiger partial charge in [0.25, 0.3) is 0 Å². The number of nitrogens with zero attached hydrogens (tertiary/aromatic N) is 3. The molecule has 1 aliphatic carbocycles. The van der Waals surface area contributed by atoms with Gasteiger partial charge in [-0.3, -0.25) is 9.48 Å². The summed E-state index contributed by atoms with van der Waals surface area (Å²) in [5.74, 6) is 1.06. The molecule has 112 valence electrons. The molecular formula is C15H20N4OS. The van der Waals surface area contributed by atoms with Crippen LogP contribution in [-0.4, -0.2) is 27.4 Å². The summed E-state index contributed by atoms with van der Waals surface area (Å²) < 4.78 is 1.78. The maximum Gasteiger partial charge on any atom is 0.222 e. The van der Waals surface area contributed by atoms with Crippen LogP contribution in [0.15, 0.2) is 23.0 Å². The number of rotatable bonds is 7. The molecule has 2 aromatic heterocycles. The van der Waals surface area contributed by atoms with Crippen LogP contribution >= 0.6 is 11.3 Å². The summed E-state index contributed by atoms with van der Waals surface area (Å²) in [6, 6.07) is 2.03. The lowest BCUT2D eigenvalue weighted by Gasteiger charge is -2.11. The summed E-state index contributed by atoms with van der Waals surface area (Å²) in [7, 11) is 0. The fourth-order valence-corrected chi connectivity index (χ4v) is 3.03. The highest BCUT2D eigenvalue weighted by molar-refractivity contribution is 7.08. The third-order valence-corrected chi connectivity index (χ3v) is 4.51. The van der Waals surface area contributed by atoms with Gasteiger partial charge in [0.05, 0.1) is 12.7 Å². The highest BCUT2D eigenvalue weighted by atomic mass is 32.1. The van der Waals surface area contributed by atoms with Gasteiger partial charge in [0.2, 0.25) is 5.91 Å². The molecule has 0 bridgehead atoms. The second-order valence-electron chi connectivity index (χ2n) is 5.75. The van der Waals surface area contributed by atoms with Gasteiger partial charge in [0.15, 0.2) is 0 Å². The monoisotopic (exact) mass is 304 g/mol. The predicted octanol–water partition coefficient (Wildman–Crippen LogP) is 2.56. The lowest BCUT2D eigenvalue weighted by atomic mass is 10.0. The van der Waals surface area contributed by atoms with Crippen molar-refractivity contribution in [3.05, 3.63) is 23.0 Å². The van der Waals surface area contributed by atoms with E-state index in [4.69, 9.17) is 0 Å². The molecule has 5 nitrogen and oxygen atoms in total. The van der Waals surface area contributed by atoms with Gasteiger partial charge in [-0.15, -0.1) is 5.10 Å². The molecule has 6 heteroatoms. The van der Waals surface area contributed by atoms with Gasteiger partial charge in [0.1, 0.15) is 5.69 Å². The predicted molar refractivity (Wildman–Crippen MR) is 82.8 cm³/mol. The molecule has 0 saturated heterocycles. The van der Waals surface area contributed by atoms with Crippen LogP contribution in [0.5, 0.6) is 0 Å². The smallest absolute Gasteiger partial charge is 0.222 e. The van der Waals surface area contributed by atoms with Crippen LogP contribution in [0.2, 0.25) is 0 Å². The Hall–Kier alpha value is -1.69. The molecular weight excluding hydrogens is 284 g/mol. The van der Waals surface area contributed by atoms with E-state index in [-0.39, 0.29) is 11.8 Å². The van der Waals surface area contributed by atoms with Gasteiger partial charge in [0, 0.05) is 23.4 Å². The topological polar surface area (TPSA) is 59.8 Å². The van der Waals surface area contributed by atoms with Crippen molar-refractivity contribution in [2.24, 2.45) is 11.8 Å². The summed E-state index contributed by atoms with van der Waals surface area (Å²) in [6.45, 7) is 3.26. The molecule has 0 aromatic carbocycles. The van der Waals surface area contributed by atoms with Crippen molar-refractivity contribution in [2.75, 3.05) is 6.54 Å². The van der Waals surface area contributed by atoms with Crippen molar-refractivity contribution in [1.29, 1.82) is 0 Å². The number of hydrogen-bond donors (Lipinski definition) is 1. The van der Waals surface area contributed by atoms with Crippen molar-refractivity contribution >= 4 is 17.2 Å². The Labute approximate surface area is 128 Å². The Morgan fingerprint density at radius 1 is 1.57 bits per heavy atom. The first-order valence-electron chi connectivity index (χ1n) is 7.43. The molecule has 21 heavy (non-hydrogen) atoms. The molecule has 1 unspecified atom stereocenters. The first kappa shape index (κ1) is 14.3. The second-order valence-corrected chi connectivity index (χ2v) is 6.53. The number of amides is 1. The molecule has 1 N–H and O–H groups in total. The molecule has 0 aliphatic heterocycles. The molecule has 2 heterocycles. The van der Waals surface area contributed by atoms with Gasteiger partial charge in [-0.05, 0) is 23.8 Å². The number of carbonyl (C=O) groups is 1. The fourth-order valence-electron chi connectivity index (χ4n) is 2.38. The van der Waals surface area contributed by atoms with Crippen molar-refractivity contribution in [1.82, 2.24) is 20.3 Å². The second kappa shape index (κ2) is 6.39. The first-order chi connectivity index (χ1) is 10.2. The number of carbonyl (C=O) groups excluding carboxylic acids is 1. The summed E-state index contributed by atoms with van der Waals surface area (Å²) in [6.07, 6.45) is 5.53. The average molecular weight is 304 g/mol. The van der Waals surface area contributed by atoms with Crippen LogP contribution < -0.4 is 5.32 Å². The third kappa shape index (κ3) is 3.91. The highest BCUT2D eigenvalue weighted by Crippen LogP contribution is 2.35. The molecule has 1 aliphatic rings. The standard InChI is InChI=1S/C15H20N4OS/c1-11(8-12-2-3-12)15(20)16-5-6-19-9-14(17-18-19)13-4-7-21-10-13/h4,7,9-12H,2-3,5-6,8H2,1H3,(H,16,20). The summed E-state index contributed by atoms with van der Waals surface area (Å²) in [5.41, 5.74) is 1.97. The molecule has 1 atom stereocenters. The Bertz CT molecular complexity index is 589. The molecule has 0 radical (unpaired) electrons. The van der Waals surface area contributed by atoms with Crippen LogP contribution in [0.25, 0.3) is 11.3 Å². The highest BCUT2D eigenvalue weighted by Gasteiger charge is 2.26. The van der Waals surface area contributed by atoms with E-state index >= 15 is 0 Å². The third-order valence-electron chi connectivity index (χ3n) is 3.83. The number of thiophene rings is 1. The molecule has 3 rings (SSSR count). The maximum absolute atomic E-state index is 11.9. The van der Waals surface area contributed by atoms with Crippen LogP contribution in [-0.2, 0) is 11.3 Å². The van der Waals surface area contributed by atoms with Gasteiger partial charge >= 0.3 is 0 Å². The molecule has 2 aromatic rings. The summed E-state index contributed by atoms with van der Waals surface area (Å²) >= 11 is 1.64. The minimum atomic E-state index is 0.120. The van der Waals surface area contributed by atoms with Crippen molar-refractivity contribution in [2.45, 2.75) is 32.7 Å². The largest absolute Gasteiger partial charge is 0.354 e. The number of aromatic nitrogens is 3. The zero-order valence-corrected chi connectivity index (χ0v) is 13.0. The van der Waals surface area contributed by atoms with Gasteiger partial charge in [-0.1, -0.05) is 25.0 Å². The normalized spacial score (nSPS) is 15.9. The fraction of sp³-hybridized carbons (Fsp3) is 0.533. The van der Waals surface area contributed by atoms with Crippen LogP contribution in [0, 0.1) is 11.8 Å². The summed E-state index contributed by atoms with van der Waals surface area (Å²) in [4.78, 5) is 11.9. The molecule has 1 fully saturated rings. The van der Waals surface area contributed by atoms with E-state index in [1.165, 1.54) is 12.8 Å². The van der Waals surface area contributed by atoms with E-state index < -0.39 is 0 Å². The number of hydrogen-bond acceptors (Lipinski definition) is 4. The van der Waals surface area contributed by atoms with E-state index in [9.17, 15) is 4.79 Å². The Kier molecular flexibility index (Phi) is 4.34. The zero-order chi connectivity index (χ0) is 14.7. The van der Waals surface area contributed by atoms with E-state index in [1.807, 2.05) is 24.6 Å². The summed E-state index contributed by atoms with van der Waals surface area (Å²) in [5, 5.41) is 15.3. The van der Waals surface area contributed by atoms with Gasteiger partial charge in [-0.2, -0.15) is 11.3 Å². The van der Waals surface area contributed by atoms with Gasteiger partial charge in [-0.25, -0.2) is 0 Å². The van der Waals surface area contributed by atoms with Crippen molar-refractivity contribution in [3.63, 3.8) is 0 Å². The molecule has 1 saturated carbocycles. The van der Waals surface area contributed by atoms with E-state index in [2.05, 4.69) is 21.0 Å².